The molecule has 0 saturated heterocycles. The van der Waals surface area contributed by atoms with Crippen molar-refractivity contribution < 1.29 is 9.13 Å². The monoisotopic (exact) mass is 362 g/mol. The van der Waals surface area contributed by atoms with E-state index in [1.807, 2.05) is 37.8 Å². The van der Waals surface area contributed by atoms with E-state index >= 15 is 0 Å². The fourth-order valence-corrected chi connectivity index (χ4v) is 3.09. The van der Waals surface area contributed by atoms with Crippen molar-refractivity contribution in [2.75, 3.05) is 7.11 Å². The summed E-state index contributed by atoms with van der Waals surface area (Å²) in [6, 6.07) is 7.02. The van der Waals surface area contributed by atoms with E-state index in [4.69, 9.17) is 4.74 Å². The third-order valence-corrected chi connectivity index (χ3v) is 4.49. The first-order valence-corrected chi connectivity index (χ1v) is 8.67. The molecule has 0 unspecified atom stereocenters. The van der Waals surface area contributed by atoms with Crippen LogP contribution in [0.15, 0.2) is 49.1 Å². The molecule has 0 aliphatic heterocycles. The van der Waals surface area contributed by atoms with E-state index in [0.717, 1.165) is 39.7 Å². The number of methoxy groups -OCH3 is 1. The van der Waals surface area contributed by atoms with Gasteiger partial charge in [0, 0.05) is 43.0 Å². The Labute approximate surface area is 156 Å². The van der Waals surface area contributed by atoms with Crippen molar-refractivity contribution in [3.8, 4) is 5.75 Å². The van der Waals surface area contributed by atoms with Gasteiger partial charge in [-0.15, -0.1) is 0 Å². The minimum atomic E-state index is -0.380. The normalized spacial score (nSPS) is 11.1. The van der Waals surface area contributed by atoms with Gasteiger partial charge in [0.25, 0.3) is 0 Å². The Kier molecular flexibility index (Phi) is 4.54. The van der Waals surface area contributed by atoms with Crippen LogP contribution in [0.1, 0.15) is 28.1 Å². The Morgan fingerprint density at radius 3 is 2.56 bits per heavy atom. The number of aromatic amines is 1. The highest BCUT2D eigenvalue weighted by molar-refractivity contribution is 5.80. The lowest BCUT2D eigenvalue weighted by Crippen LogP contribution is -1.99. The topological polar surface area (TPSA) is 63.7 Å². The Hall–Kier alpha value is -3.28. The number of fused-ring (bicyclic) bond motifs is 1. The molecular formula is C21H19FN4O. The van der Waals surface area contributed by atoms with Crippen LogP contribution in [-0.2, 0) is 12.8 Å². The van der Waals surface area contributed by atoms with Gasteiger partial charge in [-0.2, -0.15) is 0 Å². The highest BCUT2D eigenvalue weighted by Gasteiger charge is 2.08. The van der Waals surface area contributed by atoms with Crippen LogP contribution in [0, 0.1) is 12.7 Å². The first kappa shape index (κ1) is 17.1. The lowest BCUT2D eigenvalue weighted by Gasteiger charge is -2.05. The van der Waals surface area contributed by atoms with Gasteiger partial charge in [-0.05, 0) is 47.4 Å². The molecule has 4 aromatic rings. The molecule has 1 aromatic carbocycles. The average molecular weight is 362 g/mol. The largest absolute Gasteiger partial charge is 0.494 e. The third-order valence-electron chi connectivity index (χ3n) is 4.49. The number of aryl methyl sites for hydroxylation is 1. The Morgan fingerprint density at radius 2 is 1.81 bits per heavy atom. The van der Waals surface area contributed by atoms with E-state index in [1.54, 1.807) is 6.07 Å². The van der Waals surface area contributed by atoms with Crippen LogP contribution >= 0.6 is 0 Å². The molecule has 6 heteroatoms. The van der Waals surface area contributed by atoms with Crippen LogP contribution in [0.2, 0.25) is 0 Å². The maximum atomic E-state index is 13.8. The van der Waals surface area contributed by atoms with Crippen molar-refractivity contribution in [2.24, 2.45) is 0 Å². The molecule has 0 amide bonds. The summed E-state index contributed by atoms with van der Waals surface area (Å²) in [5.74, 6) is 0.507. The second kappa shape index (κ2) is 7.15. The van der Waals surface area contributed by atoms with Gasteiger partial charge in [-0.1, -0.05) is 6.07 Å². The van der Waals surface area contributed by atoms with E-state index < -0.39 is 0 Å². The summed E-state index contributed by atoms with van der Waals surface area (Å²) >= 11 is 0. The number of benzene rings is 1. The zero-order chi connectivity index (χ0) is 18.8. The highest BCUT2D eigenvalue weighted by atomic mass is 19.1. The zero-order valence-electron chi connectivity index (χ0n) is 15.2. The van der Waals surface area contributed by atoms with Crippen LogP contribution in [0.4, 0.5) is 4.39 Å². The first-order valence-electron chi connectivity index (χ1n) is 8.67. The van der Waals surface area contributed by atoms with Gasteiger partial charge in [0.2, 0.25) is 0 Å². The molecular weight excluding hydrogens is 343 g/mol. The van der Waals surface area contributed by atoms with Gasteiger partial charge >= 0.3 is 0 Å². The highest BCUT2D eigenvalue weighted by Crippen LogP contribution is 2.21. The zero-order valence-corrected chi connectivity index (χ0v) is 15.2. The Morgan fingerprint density at radius 1 is 1.00 bits per heavy atom. The number of hydrogen-bond acceptors (Lipinski definition) is 4. The fourth-order valence-electron chi connectivity index (χ4n) is 3.09. The van der Waals surface area contributed by atoms with Crippen molar-refractivity contribution in [2.45, 2.75) is 19.8 Å². The van der Waals surface area contributed by atoms with E-state index in [0.29, 0.717) is 12.2 Å². The summed E-state index contributed by atoms with van der Waals surface area (Å²) in [5, 5.41) is 1.12. The number of ether oxygens (including phenoxy) is 1. The van der Waals surface area contributed by atoms with E-state index in [2.05, 4.69) is 26.0 Å². The number of H-pyrrole nitrogens is 1. The molecule has 0 radical (unpaired) electrons. The number of nitrogens with zero attached hydrogens (tertiary/aromatic N) is 3. The molecule has 3 heterocycles. The maximum Gasteiger partial charge on any atom is 0.165 e. The summed E-state index contributed by atoms with van der Waals surface area (Å²) in [7, 11) is 1.45. The molecule has 0 bridgehead atoms. The fraction of sp³-hybridized carbons (Fsp3) is 0.190. The van der Waals surface area contributed by atoms with Gasteiger partial charge in [-0.25, -0.2) is 19.3 Å². The van der Waals surface area contributed by atoms with Crippen molar-refractivity contribution in [1.29, 1.82) is 0 Å². The summed E-state index contributed by atoms with van der Waals surface area (Å²) in [6.07, 6.45) is 8.67. The standard InChI is InChI=1S/C21H19FN4O/c1-13-5-17-16(12-26-21(17)25-9-13)6-15-10-23-20(24-11-15)8-14-3-4-19(27-2)18(22)7-14/h3-5,7,9-12H,6,8H2,1-2H3,(H,25,26). The van der Waals surface area contributed by atoms with Gasteiger partial charge in [0.15, 0.2) is 11.6 Å². The van der Waals surface area contributed by atoms with Crippen LogP contribution in [0.25, 0.3) is 11.0 Å². The predicted molar refractivity (Wildman–Crippen MR) is 101 cm³/mol. The third kappa shape index (κ3) is 3.65. The minimum absolute atomic E-state index is 0.235. The van der Waals surface area contributed by atoms with E-state index in [-0.39, 0.29) is 11.6 Å². The average Bonchev–Trinajstić information content (AvgIpc) is 3.05. The maximum absolute atomic E-state index is 13.8. The minimum Gasteiger partial charge on any atom is -0.494 e. The molecule has 27 heavy (non-hydrogen) atoms. The van der Waals surface area contributed by atoms with Crippen LogP contribution in [-0.4, -0.2) is 27.0 Å². The summed E-state index contributed by atoms with van der Waals surface area (Å²) < 4.78 is 18.8. The molecule has 0 aliphatic rings. The molecule has 0 atom stereocenters. The van der Waals surface area contributed by atoms with Crippen molar-refractivity contribution in [1.82, 2.24) is 19.9 Å². The summed E-state index contributed by atoms with van der Waals surface area (Å²) in [6.45, 7) is 2.03. The molecule has 0 fully saturated rings. The number of nitrogens with one attached hydrogen (secondary N) is 1. The Bertz CT molecular complexity index is 1090. The Balaban J connectivity index is 1.50. The molecule has 0 aliphatic carbocycles. The van der Waals surface area contributed by atoms with Gasteiger partial charge < -0.3 is 9.72 Å². The second-order valence-corrected chi connectivity index (χ2v) is 6.55. The summed E-state index contributed by atoms with van der Waals surface area (Å²) in [4.78, 5) is 16.5. The van der Waals surface area contributed by atoms with Gasteiger partial charge in [-0.3, -0.25) is 0 Å². The molecule has 5 nitrogen and oxygen atoms in total. The second-order valence-electron chi connectivity index (χ2n) is 6.55. The van der Waals surface area contributed by atoms with Crippen molar-refractivity contribution in [3.63, 3.8) is 0 Å². The number of rotatable bonds is 5. The molecule has 0 spiro atoms. The van der Waals surface area contributed by atoms with Crippen LogP contribution in [0.3, 0.4) is 0 Å². The molecule has 4 rings (SSSR count). The first-order chi connectivity index (χ1) is 13.1. The van der Waals surface area contributed by atoms with Crippen LogP contribution < -0.4 is 4.74 Å². The van der Waals surface area contributed by atoms with Crippen molar-refractivity contribution >= 4 is 11.0 Å². The summed E-state index contributed by atoms with van der Waals surface area (Å²) in [5.41, 5.74) is 4.99. The quantitative estimate of drug-likeness (QED) is 0.583. The van der Waals surface area contributed by atoms with Crippen LogP contribution in [0.5, 0.6) is 5.75 Å². The van der Waals surface area contributed by atoms with Crippen molar-refractivity contribution in [3.05, 3.63) is 82.9 Å². The molecule has 0 saturated carbocycles. The number of pyridine rings is 1. The lowest BCUT2D eigenvalue weighted by atomic mass is 10.1. The number of hydrogen-bond donors (Lipinski definition) is 1. The predicted octanol–water partition coefficient (Wildman–Crippen LogP) is 3.99. The smallest absolute Gasteiger partial charge is 0.165 e. The lowest BCUT2D eigenvalue weighted by molar-refractivity contribution is 0.386. The van der Waals surface area contributed by atoms with Gasteiger partial charge in [0.1, 0.15) is 11.5 Å². The van der Waals surface area contributed by atoms with E-state index in [1.165, 1.54) is 13.2 Å². The SMILES string of the molecule is COc1ccc(Cc2ncc(Cc3c[nH]c4ncc(C)cc34)cn2)cc1F. The molecule has 136 valence electrons. The number of halogens is 1. The molecule has 3 aromatic heterocycles. The molecule has 1 N–H and O–H groups in total. The van der Waals surface area contributed by atoms with E-state index in [9.17, 15) is 4.39 Å². The van der Waals surface area contributed by atoms with Gasteiger partial charge in [0.05, 0.1) is 7.11 Å². The number of aromatic nitrogens is 4.